The molecule has 0 aliphatic rings. The highest BCUT2D eigenvalue weighted by Crippen LogP contribution is 2.31. The molecular formula is C19H25ClN2O2. The lowest BCUT2D eigenvalue weighted by atomic mass is 10.1. The molecule has 1 aromatic carbocycles. The molecule has 1 heterocycles. The summed E-state index contributed by atoms with van der Waals surface area (Å²) in [5.41, 5.74) is 3.42. The minimum Gasteiger partial charge on any atom is -0.490 e. The first-order valence-corrected chi connectivity index (χ1v) is 8.67. The van der Waals surface area contributed by atoms with Gasteiger partial charge in [0.25, 0.3) is 0 Å². The number of benzene rings is 1. The summed E-state index contributed by atoms with van der Waals surface area (Å²) in [6, 6.07) is 7.50. The zero-order chi connectivity index (χ0) is 17.7. The van der Waals surface area contributed by atoms with Crippen molar-refractivity contribution >= 4 is 23.1 Å². The number of aliphatic hydroxyl groups is 1. The highest BCUT2D eigenvalue weighted by molar-refractivity contribution is 6.30. The minimum atomic E-state index is -0.141. The summed E-state index contributed by atoms with van der Waals surface area (Å²) in [6.45, 7) is 7.94. The highest BCUT2D eigenvalue weighted by atomic mass is 35.5. The molecule has 0 saturated heterocycles. The fraction of sp³-hybridized carbons (Fsp3) is 0.421. The summed E-state index contributed by atoms with van der Waals surface area (Å²) < 4.78 is 6.08. The maximum atomic E-state index is 9.86. The molecule has 0 bridgehead atoms. The molecule has 24 heavy (non-hydrogen) atoms. The number of nitrogens with one attached hydrogen (secondary N) is 1. The number of ether oxygens (including phenoxy) is 1. The predicted molar refractivity (Wildman–Crippen MR) is 99.4 cm³/mol. The Balaban J connectivity index is 2.40. The maximum Gasteiger partial charge on any atom is 0.139 e. The maximum absolute atomic E-state index is 9.86. The van der Waals surface area contributed by atoms with Crippen LogP contribution in [0.1, 0.15) is 43.5 Å². The summed E-state index contributed by atoms with van der Waals surface area (Å²) in [4.78, 5) is 4.54. The van der Waals surface area contributed by atoms with E-state index in [9.17, 15) is 5.11 Å². The lowest BCUT2D eigenvalue weighted by Crippen LogP contribution is -2.16. The van der Waals surface area contributed by atoms with E-state index in [0.29, 0.717) is 22.2 Å². The summed E-state index contributed by atoms with van der Waals surface area (Å²) in [6.07, 6.45) is 1.96. The van der Waals surface area contributed by atoms with E-state index < -0.39 is 0 Å². The molecule has 2 N–H and O–H groups in total. The van der Waals surface area contributed by atoms with E-state index >= 15 is 0 Å². The summed E-state index contributed by atoms with van der Waals surface area (Å²) in [7, 11) is 0. The molecule has 0 saturated carbocycles. The quantitative estimate of drug-likeness (QED) is 0.726. The van der Waals surface area contributed by atoms with Gasteiger partial charge in [-0.2, -0.15) is 0 Å². The highest BCUT2D eigenvalue weighted by Gasteiger charge is 2.16. The number of hydrogen-bond acceptors (Lipinski definition) is 4. The van der Waals surface area contributed by atoms with Crippen molar-refractivity contribution in [3.8, 4) is 5.75 Å². The monoisotopic (exact) mass is 348 g/mol. The lowest BCUT2D eigenvalue weighted by Gasteiger charge is -2.21. The molecule has 0 fully saturated rings. The zero-order valence-electron chi connectivity index (χ0n) is 14.7. The van der Waals surface area contributed by atoms with Crippen LogP contribution in [0, 0.1) is 13.8 Å². The van der Waals surface area contributed by atoms with Crippen molar-refractivity contribution in [2.24, 2.45) is 0 Å². The Morgan fingerprint density at radius 3 is 2.50 bits per heavy atom. The first-order chi connectivity index (χ1) is 11.5. The zero-order valence-corrected chi connectivity index (χ0v) is 15.4. The molecular weight excluding hydrogens is 324 g/mol. The van der Waals surface area contributed by atoms with Crippen LogP contribution in [0.3, 0.4) is 0 Å². The molecule has 0 unspecified atom stereocenters. The standard InChI is InChI=1S/C19H25ClN2O2/c1-5-15(6-2)24-18-10-13(4)21-19(16(18)11-23)22-17-8-7-14(20)9-12(17)3/h7-10,15,23H,5-6,11H2,1-4H3,(H,21,22). The molecule has 2 aromatic rings. The van der Waals surface area contributed by atoms with Gasteiger partial charge in [0.15, 0.2) is 0 Å². The molecule has 4 nitrogen and oxygen atoms in total. The normalized spacial score (nSPS) is 11.0. The van der Waals surface area contributed by atoms with Crippen molar-refractivity contribution in [2.45, 2.75) is 53.2 Å². The topological polar surface area (TPSA) is 54.4 Å². The lowest BCUT2D eigenvalue weighted by molar-refractivity contribution is 0.184. The molecule has 0 atom stereocenters. The van der Waals surface area contributed by atoms with Gasteiger partial charge < -0.3 is 15.2 Å². The van der Waals surface area contributed by atoms with E-state index in [2.05, 4.69) is 24.1 Å². The number of rotatable bonds is 7. The second-order valence-corrected chi connectivity index (χ2v) is 6.32. The number of pyridine rings is 1. The summed E-state index contributed by atoms with van der Waals surface area (Å²) in [5, 5.41) is 13.8. The van der Waals surface area contributed by atoms with Gasteiger partial charge in [0.05, 0.1) is 18.3 Å². The van der Waals surface area contributed by atoms with Crippen molar-refractivity contribution in [1.82, 2.24) is 4.98 Å². The van der Waals surface area contributed by atoms with Gasteiger partial charge >= 0.3 is 0 Å². The van der Waals surface area contributed by atoms with E-state index in [1.165, 1.54) is 0 Å². The summed E-state index contributed by atoms with van der Waals surface area (Å²) >= 11 is 6.01. The van der Waals surface area contributed by atoms with Gasteiger partial charge in [0, 0.05) is 22.5 Å². The molecule has 0 aliphatic heterocycles. The van der Waals surface area contributed by atoms with Gasteiger partial charge in [-0.25, -0.2) is 4.98 Å². The van der Waals surface area contributed by atoms with Crippen molar-refractivity contribution in [1.29, 1.82) is 0 Å². The van der Waals surface area contributed by atoms with Crippen LogP contribution in [0.5, 0.6) is 5.75 Å². The fourth-order valence-electron chi connectivity index (χ4n) is 2.56. The van der Waals surface area contributed by atoms with E-state index in [4.69, 9.17) is 16.3 Å². The van der Waals surface area contributed by atoms with Gasteiger partial charge in [-0.15, -0.1) is 0 Å². The molecule has 0 spiro atoms. The second kappa shape index (κ2) is 8.36. The molecule has 2 rings (SSSR count). The third kappa shape index (κ3) is 4.40. The molecule has 0 aliphatic carbocycles. The SMILES string of the molecule is CCC(CC)Oc1cc(C)nc(Nc2ccc(Cl)cc2C)c1CO. The van der Waals surface area contributed by atoms with Crippen LogP contribution in [0.2, 0.25) is 5.02 Å². The molecule has 0 amide bonds. The fourth-order valence-corrected chi connectivity index (χ4v) is 2.79. The first-order valence-electron chi connectivity index (χ1n) is 8.29. The second-order valence-electron chi connectivity index (χ2n) is 5.89. The molecule has 0 radical (unpaired) electrons. The van der Waals surface area contributed by atoms with Crippen LogP contribution in [0.4, 0.5) is 11.5 Å². The number of halogens is 1. The molecule has 1 aromatic heterocycles. The number of aliphatic hydroxyl groups excluding tert-OH is 1. The Hall–Kier alpha value is -1.78. The number of hydrogen-bond donors (Lipinski definition) is 2. The number of aryl methyl sites for hydroxylation is 2. The van der Waals surface area contributed by atoms with Crippen LogP contribution in [0.15, 0.2) is 24.3 Å². The van der Waals surface area contributed by atoms with Crippen LogP contribution >= 0.6 is 11.6 Å². The Bertz CT molecular complexity index is 700. The van der Waals surface area contributed by atoms with E-state index in [1.54, 1.807) is 0 Å². The van der Waals surface area contributed by atoms with Gasteiger partial charge in [0.1, 0.15) is 11.6 Å². The van der Waals surface area contributed by atoms with Gasteiger partial charge in [-0.3, -0.25) is 0 Å². The van der Waals surface area contributed by atoms with Crippen LogP contribution in [0.25, 0.3) is 0 Å². The van der Waals surface area contributed by atoms with Crippen molar-refractivity contribution in [3.63, 3.8) is 0 Å². The number of anilines is 2. The molecule has 130 valence electrons. The largest absolute Gasteiger partial charge is 0.490 e. The number of nitrogens with zero attached hydrogens (tertiary/aromatic N) is 1. The van der Waals surface area contributed by atoms with Crippen molar-refractivity contribution < 1.29 is 9.84 Å². The van der Waals surface area contributed by atoms with E-state index in [-0.39, 0.29) is 12.7 Å². The van der Waals surface area contributed by atoms with E-state index in [1.807, 2.05) is 38.1 Å². The third-order valence-corrected chi connectivity index (χ3v) is 4.25. The Morgan fingerprint density at radius 2 is 1.92 bits per heavy atom. The van der Waals surface area contributed by atoms with Crippen molar-refractivity contribution in [2.75, 3.05) is 5.32 Å². The van der Waals surface area contributed by atoms with Gasteiger partial charge in [-0.05, 0) is 50.5 Å². The first kappa shape index (κ1) is 18.6. The Morgan fingerprint density at radius 1 is 1.21 bits per heavy atom. The minimum absolute atomic E-state index is 0.127. The summed E-state index contributed by atoms with van der Waals surface area (Å²) in [5.74, 6) is 1.30. The van der Waals surface area contributed by atoms with Crippen LogP contribution in [-0.4, -0.2) is 16.2 Å². The Labute approximate surface area is 148 Å². The Kier molecular flexibility index (Phi) is 6.46. The molecule has 5 heteroatoms. The van der Waals surface area contributed by atoms with Crippen LogP contribution < -0.4 is 10.1 Å². The van der Waals surface area contributed by atoms with Crippen molar-refractivity contribution in [3.05, 3.63) is 46.1 Å². The smallest absolute Gasteiger partial charge is 0.139 e. The van der Waals surface area contributed by atoms with E-state index in [0.717, 1.165) is 29.8 Å². The predicted octanol–water partition coefficient (Wildman–Crippen LogP) is 5.16. The average Bonchev–Trinajstić information content (AvgIpc) is 2.55. The average molecular weight is 349 g/mol. The van der Waals surface area contributed by atoms with Gasteiger partial charge in [0.2, 0.25) is 0 Å². The van der Waals surface area contributed by atoms with Gasteiger partial charge in [-0.1, -0.05) is 25.4 Å². The van der Waals surface area contributed by atoms with Crippen LogP contribution in [-0.2, 0) is 6.61 Å². The number of aromatic nitrogens is 1. The third-order valence-electron chi connectivity index (χ3n) is 4.02.